The predicted octanol–water partition coefficient (Wildman–Crippen LogP) is 0.910. The number of hydrogen-bond acceptors (Lipinski definition) is 4. The van der Waals surface area contributed by atoms with Crippen LogP contribution < -0.4 is 11.1 Å². The first-order valence-electron chi connectivity index (χ1n) is 5.82. The van der Waals surface area contributed by atoms with Gasteiger partial charge in [0, 0.05) is 16.9 Å². The van der Waals surface area contributed by atoms with Crippen molar-refractivity contribution in [2.75, 3.05) is 31.2 Å². The number of nitrogens with one attached hydrogen (secondary N) is 1. The van der Waals surface area contributed by atoms with E-state index in [2.05, 4.69) is 5.32 Å². The highest BCUT2D eigenvalue weighted by Gasteiger charge is 2.24. The molecule has 5 nitrogen and oxygen atoms in total. The molecule has 4 N–H and O–H groups in total. The van der Waals surface area contributed by atoms with Crippen LogP contribution in [0.1, 0.15) is 13.8 Å². The standard InChI is InChI=1S/C13H21N3O2/c1-13(2,9-17)16(3)8-12(18)15-11-6-4-5-10(14)7-11/h4-7,17H,8-9,14H2,1-3H3,(H,15,18). The number of aliphatic hydroxyl groups excluding tert-OH is 1. The van der Waals surface area contributed by atoms with Crippen molar-refractivity contribution < 1.29 is 9.90 Å². The number of hydrogen-bond donors (Lipinski definition) is 3. The molecule has 100 valence electrons. The highest BCUT2D eigenvalue weighted by atomic mass is 16.3. The van der Waals surface area contributed by atoms with E-state index >= 15 is 0 Å². The number of anilines is 2. The summed E-state index contributed by atoms with van der Waals surface area (Å²) in [7, 11) is 1.80. The molecule has 0 aliphatic rings. The number of carbonyl (C=O) groups is 1. The lowest BCUT2D eigenvalue weighted by molar-refractivity contribution is -0.118. The van der Waals surface area contributed by atoms with Gasteiger partial charge in [0.1, 0.15) is 0 Å². The minimum Gasteiger partial charge on any atom is -0.399 e. The second kappa shape index (κ2) is 5.84. The van der Waals surface area contributed by atoms with Crippen LogP contribution in [0, 0.1) is 0 Å². The lowest BCUT2D eigenvalue weighted by Crippen LogP contribution is -2.47. The van der Waals surface area contributed by atoms with Gasteiger partial charge in [-0.2, -0.15) is 0 Å². The summed E-state index contributed by atoms with van der Waals surface area (Å²) in [6.07, 6.45) is 0. The van der Waals surface area contributed by atoms with E-state index in [-0.39, 0.29) is 19.1 Å². The second-order valence-electron chi connectivity index (χ2n) is 5.00. The molecular formula is C13H21N3O2. The van der Waals surface area contributed by atoms with Crippen molar-refractivity contribution in [2.24, 2.45) is 0 Å². The largest absolute Gasteiger partial charge is 0.399 e. The van der Waals surface area contributed by atoms with Crippen LogP contribution >= 0.6 is 0 Å². The van der Waals surface area contributed by atoms with Crippen LogP contribution in [0.5, 0.6) is 0 Å². The van der Waals surface area contributed by atoms with Crippen molar-refractivity contribution in [3.8, 4) is 0 Å². The molecule has 1 aromatic rings. The van der Waals surface area contributed by atoms with E-state index in [1.54, 1.807) is 36.2 Å². The number of nitrogen functional groups attached to an aromatic ring is 1. The maximum Gasteiger partial charge on any atom is 0.238 e. The summed E-state index contributed by atoms with van der Waals surface area (Å²) in [5.74, 6) is -0.135. The average Bonchev–Trinajstić information content (AvgIpc) is 2.28. The van der Waals surface area contributed by atoms with E-state index in [1.165, 1.54) is 0 Å². The van der Waals surface area contributed by atoms with Crippen LogP contribution in [0.3, 0.4) is 0 Å². The quantitative estimate of drug-likeness (QED) is 0.680. The maximum atomic E-state index is 11.8. The zero-order valence-electron chi connectivity index (χ0n) is 11.1. The molecule has 5 heteroatoms. The lowest BCUT2D eigenvalue weighted by Gasteiger charge is -2.33. The van der Waals surface area contributed by atoms with Crippen molar-refractivity contribution in [1.82, 2.24) is 4.90 Å². The van der Waals surface area contributed by atoms with Crippen molar-refractivity contribution >= 4 is 17.3 Å². The predicted molar refractivity (Wildman–Crippen MR) is 73.3 cm³/mol. The summed E-state index contributed by atoms with van der Waals surface area (Å²) in [6, 6.07) is 7.03. The van der Waals surface area contributed by atoms with Gasteiger partial charge in [0.2, 0.25) is 5.91 Å². The van der Waals surface area contributed by atoms with Crippen molar-refractivity contribution in [3.05, 3.63) is 24.3 Å². The van der Waals surface area contributed by atoms with E-state index < -0.39 is 5.54 Å². The first kappa shape index (κ1) is 14.5. The Morgan fingerprint density at radius 3 is 2.72 bits per heavy atom. The topological polar surface area (TPSA) is 78.6 Å². The van der Waals surface area contributed by atoms with E-state index in [9.17, 15) is 9.90 Å². The summed E-state index contributed by atoms with van der Waals surface area (Å²) in [6.45, 7) is 3.96. The molecule has 0 radical (unpaired) electrons. The average molecular weight is 251 g/mol. The summed E-state index contributed by atoms with van der Waals surface area (Å²) in [5.41, 5.74) is 6.49. The number of rotatable bonds is 5. The van der Waals surface area contributed by atoms with Crippen LogP contribution in [-0.4, -0.2) is 41.7 Å². The molecule has 1 rings (SSSR count). The van der Waals surface area contributed by atoms with Gasteiger partial charge >= 0.3 is 0 Å². The number of nitrogens with zero attached hydrogens (tertiary/aromatic N) is 1. The number of nitrogens with two attached hydrogens (primary N) is 1. The molecule has 1 amide bonds. The zero-order valence-corrected chi connectivity index (χ0v) is 11.1. The Balaban J connectivity index is 2.57. The van der Waals surface area contributed by atoms with Gasteiger partial charge in [0.25, 0.3) is 0 Å². The second-order valence-corrected chi connectivity index (χ2v) is 5.00. The molecule has 0 aromatic heterocycles. The Bertz CT molecular complexity index is 418. The molecule has 18 heavy (non-hydrogen) atoms. The molecule has 0 unspecified atom stereocenters. The Kier molecular flexibility index (Phi) is 4.69. The van der Waals surface area contributed by atoms with Gasteiger partial charge in [-0.3, -0.25) is 9.69 Å². The lowest BCUT2D eigenvalue weighted by atomic mass is 10.1. The number of benzene rings is 1. The fourth-order valence-corrected chi connectivity index (χ4v) is 1.37. The molecule has 0 atom stereocenters. The number of aliphatic hydroxyl groups is 1. The molecule has 1 aromatic carbocycles. The third-order valence-corrected chi connectivity index (χ3v) is 2.97. The monoisotopic (exact) mass is 251 g/mol. The van der Waals surface area contributed by atoms with Gasteiger partial charge in [-0.05, 0) is 39.1 Å². The zero-order chi connectivity index (χ0) is 13.8. The Labute approximate surface area is 108 Å². The summed E-state index contributed by atoms with van der Waals surface area (Å²) < 4.78 is 0. The third-order valence-electron chi connectivity index (χ3n) is 2.97. The fraction of sp³-hybridized carbons (Fsp3) is 0.462. The maximum absolute atomic E-state index is 11.8. The molecule has 0 aliphatic heterocycles. The fourth-order valence-electron chi connectivity index (χ4n) is 1.37. The Hall–Kier alpha value is -1.59. The number of likely N-dealkylation sites (N-methyl/N-ethyl adjacent to an activating group) is 1. The van der Waals surface area contributed by atoms with Gasteiger partial charge in [0.05, 0.1) is 13.2 Å². The third kappa shape index (κ3) is 4.01. The Morgan fingerprint density at radius 2 is 2.17 bits per heavy atom. The minimum atomic E-state index is -0.424. The van der Waals surface area contributed by atoms with Crippen LogP contribution in [0.25, 0.3) is 0 Å². The van der Waals surface area contributed by atoms with Crippen LogP contribution in [0.4, 0.5) is 11.4 Å². The smallest absolute Gasteiger partial charge is 0.238 e. The van der Waals surface area contributed by atoms with Gasteiger partial charge in [-0.25, -0.2) is 0 Å². The molecule has 0 bridgehead atoms. The van der Waals surface area contributed by atoms with E-state index in [4.69, 9.17) is 5.73 Å². The van der Waals surface area contributed by atoms with Gasteiger partial charge in [-0.1, -0.05) is 6.07 Å². The summed E-state index contributed by atoms with van der Waals surface area (Å²) in [4.78, 5) is 13.6. The number of carbonyl (C=O) groups excluding carboxylic acids is 1. The summed E-state index contributed by atoms with van der Waals surface area (Å²) in [5, 5.41) is 12.0. The number of amides is 1. The highest BCUT2D eigenvalue weighted by Crippen LogP contribution is 2.13. The van der Waals surface area contributed by atoms with Crippen LogP contribution in [0.2, 0.25) is 0 Å². The van der Waals surface area contributed by atoms with E-state index in [0.717, 1.165) is 0 Å². The van der Waals surface area contributed by atoms with Gasteiger partial charge in [-0.15, -0.1) is 0 Å². The van der Waals surface area contributed by atoms with Crippen LogP contribution in [-0.2, 0) is 4.79 Å². The molecule has 0 heterocycles. The molecule has 0 saturated heterocycles. The normalized spacial score (nSPS) is 11.6. The molecule has 0 saturated carbocycles. The molecular weight excluding hydrogens is 230 g/mol. The SMILES string of the molecule is CN(CC(=O)Nc1cccc(N)c1)C(C)(C)CO. The van der Waals surface area contributed by atoms with Crippen molar-refractivity contribution in [3.63, 3.8) is 0 Å². The van der Waals surface area contributed by atoms with Crippen molar-refractivity contribution in [2.45, 2.75) is 19.4 Å². The van der Waals surface area contributed by atoms with Crippen molar-refractivity contribution in [1.29, 1.82) is 0 Å². The van der Waals surface area contributed by atoms with E-state index in [0.29, 0.717) is 11.4 Å². The Morgan fingerprint density at radius 1 is 1.50 bits per heavy atom. The molecule has 0 spiro atoms. The first-order valence-corrected chi connectivity index (χ1v) is 5.82. The molecule has 0 aliphatic carbocycles. The van der Waals surface area contributed by atoms with E-state index in [1.807, 2.05) is 13.8 Å². The highest BCUT2D eigenvalue weighted by molar-refractivity contribution is 5.92. The minimum absolute atomic E-state index is 0.00490. The summed E-state index contributed by atoms with van der Waals surface area (Å²) >= 11 is 0. The van der Waals surface area contributed by atoms with Gasteiger partial charge in [0.15, 0.2) is 0 Å². The van der Waals surface area contributed by atoms with Gasteiger partial charge < -0.3 is 16.2 Å². The molecule has 0 fully saturated rings. The van der Waals surface area contributed by atoms with Crippen LogP contribution in [0.15, 0.2) is 24.3 Å². The first-order chi connectivity index (χ1) is 8.35.